The number of hydrogen-bond acceptors (Lipinski definition) is 4. The highest BCUT2D eigenvalue weighted by Crippen LogP contribution is 2.19. The van der Waals surface area contributed by atoms with Crippen LogP contribution < -0.4 is 0 Å². The number of carbonyl (C=O) groups is 1. The van der Waals surface area contributed by atoms with Crippen molar-refractivity contribution in [2.24, 2.45) is 0 Å². The standard InChI is InChI=1S/C19H18ClN3O2/c1-12-8-9-16(10-13(12)2)23-14(3)18(21-22-23)19(24)25-11-15-6-4-5-7-17(15)20/h4-10H,11H2,1-3H3. The van der Waals surface area contributed by atoms with E-state index < -0.39 is 5.97 Å². The van der Waals surface area contributed by atoms with Crippen LogP contribution >= 0.6 is 11.6 Å². The van der Waals surface area contributed by atoms with Gasteiger partial charge in [0.25, 0.3) is 0 Å². The number of esters is 1. The summed E-state index contributed by atoms with van der Waals surface area (Å²) in [6, 6.07) is 13.2. The minimum absolute atomic E-state index is 0.0917. The number of nitrogens with zero attached hydrogens (tertiary/aromatic N) is 3. The molecule has 5 nitrogen and oxygen atoms in total. The maximum Gasteiger partial charge on any atom is 0.361 e. The SMILES string of the molecule is Cc1ccc(-n2nnc(C(=O)OCc3ccccc3Cl)c2C)cc1C. The number of benzene rings is 2. The molecule has 3 rings (SSSR count). The number of rotatable bonds is 4. The van der Waals surface area contributed by atoms with E-state index in [0.29, 0.717) is 10.7 Å². The van der Waals surface area contributed by atoms with E-state index in [-0.39, 0.29) is 12.3 Å². The van der Waals surface area contributed by atoms with Crippen LogP contribution in [0.4, 0.5) is 0 Å². The maximum absolute atomic E-state index is 12.3. The number of aryl methyl sites for hydroxylation is 2. The van der Waals surface area contributed by atoms with Crippen molar-refractivity contribution in [3.63, 3.8) is 0 Å². The van der Waals surface area contributed by atoms with Crippen LogP contribution in [-0.2, 0) is 11.3 Å². The van der Waals surface area contributed by atoms with Crippen LogP contribution in [0.1, 0.15) is 32.9 Å². The fourth-order valence-corrected chi connectivity index (χ4v) is 2.64. The number of carbonyl (C=O) groups excluding carboxylic acids is 1. The fraction of sp³-hybridized carbons (Fsp3) is 0.211. The van der Waals surface area contributed by atoms with Gasteiger partial charge in [0, 0.05) is 10.6 Å². The van der Waals surface area contributed by atoms with Gasteiger partial charge in [0.1, 0.15) is 6.61 Å². The molecule has 128 valence electrons. The van der Waals surface area contributed by atoms with Crippen molar-refractivity contribution in [2.75, 3.05) is 0 Å². The van der Waals surface area contributed by atoms with Crippen LogP contribution in [-0.4, -0.2) is 21.0 Å². The Balaban J connectivity index is 1.79. The van der Waals surface area contributed by atoms with Gasteiger partial charge in [0.05, 0.1) is 11.4 Å². The van der Waals surface area contributed by atoms with Crippen LogP contribution in [0.15, 0.2) is 42.5 Å². The summed E-state index contributed by atoms with van der Waals surface area (Å²) >= 11 is 6.07. The van der Waals surface area contributed by atoms with Crippen LogP contribution in [0.2, 0.25) is 5.02 Å². The molecule has 0 atom stereocenters. The minimum atomic E-state index is -0.521. The highest BCUT2D eigenvalue weighted by molar-refractivity contribution is 6.31. The molecule has 0 aliphatic carbocycles. The van der Waals surface area contributed by atoms with Gasteiger partial charge in [-0.05, 0) is 50.1 Å². The Morgan fingerprint density at radius 2 is 1.88 bits per heavy atom. The van der Waals surface area contributed by atoms with E-state index in [4.69, 9.17) is 16.3 Å². The van der Waals surface area contributed by atoms with E-state index in [0.717, 1.165) is 16.8 Å². The van der Waals surface area contributed by atoms with E-state index in [1.165, 1.54) is 5.56 Å². The smallest absolute Gasteiger partial charge is 0.361 e. The molecule has 3 aromatic rings. The Bertz CT molecular complexity index is 934. The van der Waals surface area contributed by atoms with Gasteiger partial charge < -0.3 is 4.74 Å². The summed E-state index contributed by atoms with van der Waals surface area (Å²) in [5.41, 5.74) is 4.78. The fourth-order valence-electron chi connectivity index (χ4n) is 2.45. The van der Waals surface area contributed by atoms with Crippen molar-refractivity contribution >= 4 is 17.6 Å². The number of ether oxygens (including phenoxy) is 1. The Morgan fingerprint density at radius 1 is 1.12 bits per heavy atom. The second-order valence-electron chi connectivity index (χ2n) is 5.87. The Hall–Kier alpha value is -2.66. The first-order valence-electron chi connectivity index (χ1n) is 7.88. The molecular formula is C19H18ClN3O2. The quantitative estimate of drug-likeness (QED) is 0.658. The van der Waals surface area contributed by atoms with E-state index in [9.17, 15) is 4.79 Å². The van der Waals surface area contributed by atoms with Gasteiger partial charge >= 0.3 is 5.97 Å². The second-order valence-corrected chi connectivity index (χ2v) is 6.28. The summed E-state index contributed by atoms with van der Waals surface area (Å²) in [5.74, 6) is -0.521. The summed E-state index contributed by atoms with van der Waals surface area (Å²) in [5, 5.41) is 8.64. The highest BCUT2D eigenvalue weighted by Gasteiger charge is 2.19. The highest BCUT2D eigenvalue weighted by atomic mass is 35.5. The first-order chi connectivity index (χ1) is 12.0. The van der Waals surface area contributed by atoms with E-state index >= 15 is 0 Å². The van der Waals surface area contributed by atoms with Crippen molar-refractivity contribution in [2.45, 2.75) is 27.4 Å². The second kappa shape index (κ2) is 7.07. The summed E-state index contributed by atoms with van der Waals surface area (Å²) in [4.78, 5) is 12.3. The normalized spacial score (nSPS) is 10.7. The lowest BCUT2D eigenvalue weighted by Crippen LogP contribution is -2.08. The summed E-state index contributed by atoms with van der Waals surface area (Å²) in [6.45, 7) is 5.96. The maximum atomic E-state index is 12.3. The van der Waals surface area contributed by atoms with Crippen molar-refractivity contribution in [3.05, 3.63) is 75.6 Å². The molecular weight excluding hydrogens is 338 g/mol. The Labute approximate surface area is 151 Å². The third-order valence-electron chi connectivity index (χ3n) is 4.14. The van der Waals surface area contributed by atoms with Gasteiger partial charge in [-0.1, -0.05) is 41.1 Å². The number of aromatic nitrogens is 3. The topological polar surface area (TPSA) is 57.0 Å². The summed E-state index contributed by atoms with van der Waals surface area (Å²) in [6.07, 6.45) is 0. The molecule has 0 fully saturated rings. The monoisotopic (exact) mass is 355 g/mol. The molecule has 0 amide bonds. The van der Waals surface area contributed by atoms with Crippen molar-refractivity contribution < 1.29 is 9.53 Å². The van der Waals surface area contributed by atoms with Gasteiger partial charge in [0.2, 0.25) is 0 Å². The molecule has 1 aromatic heterocycles. The zero-order chi connectivity index (χ0) is 18.0. The van der Waals surface area contributed by atoms with E-state index in [2.05, 4.69) is 10.3 Å². The lowest BCUT2D eigenvalue weighted by molar-refractivity contribution is 0.0465. The number of halogens is 1. The van der Waals surface area contributed by atoms with Crippen LogP contribution in [0.3, 0.4) is 0 Å². The molecule has 0 saturated heterocycles. The molecule has 0 unspecified atom stereocenters. The minimum Gasteiger partial charge on any atom is -0.456 e. The van der Waals surface area contributed by atoms with Crippen molar-refractivity contribution in [3.8, 4) is 5.69 Å². The average molecular weight is 356 g/mol. The first kappa shape index (κ1) is 17.2. The molecule has 0 spiro atoms. The van der Waals surface area contributed by atoms with Crippen LogP contribution in [0.25, 0.3) is 5.69 Å². The summed E-state index contributed by atoms with van der Waals surface area (Å²) in [7, 11) is 0. The molecule has 0 aliphatic heterocycles. The lowest BCUT2D eigenvalue weighted by Gasteiger charge is -2.07. The predicted octanol–water partition coefficient (Wildman–Crippen LogP) is 4.20. The summed E-state index contributed by atoms with van der Waals surface area (Å²) < 4.78 is 6.97. The molecule has 0 bridgehead atoms. The first-order valence-corrected chi connectivity index (χ1v) is 8.25. The molecule has 2 aromatic carbocycles. The van der Waals surface area contributed by atoms with Crippen LogP contribution in [0, 0.1) is 20.8 Å². The lowest BCUT2D eigenvalue weighted by atomic mass is 10.1. The van der Waals surface area contributed by atoms with Crippen molar-refractivity contribution in [1.82, 2.24) is 15.0 Å². The van der Waals surface area contributed by atoms with Gasteiger partial charge in [-0.3, -0.25) is 0 Å². The van der Waals surface area contributed by atoms with Gasteiger partial charge in [-0.25, -0.2) is 9.48 Å². The molecule has 0 saturated carbocycles. The van der Waals surface area contributed by atoms with Gasteiger partial charge in [0.15, 0.2) is 5.69 Å². The van der Waals surface area contributed by atoms with E-state index in [1.807, 2.05) is 50.2 Å². The Morgan fingerprint density at radius 3 is 2.60 bits per heavy atom. The van der Waals surface area contributed by atoms with E-state index in [1.54, 1.807) is 17.7 Å². The number of hydrogen-bond donors (Lipinski definition) is 0. The largest absolute Gasteiger partial charge is 0.456 e. The zero-order valence-electron chi connectivity index (χ0n) is 14.3. The third kappa shape index (κ3) is 3.56. The van der Waals surface area contributed by atoms with Crippen molar-refractivity contribution in [1.29, 1.82) is 0 Å². The van der Waals surface area contributed by atoms with Crippen LogP contribution in [0.5, 0.6) is 0 Å². The molecule has 0 aliphatic rings. The molecule has 6 heteroatoms. The average Bonchev–Trinajstić information content (AvgIpc) is 2.98. The van der Waals surface area contributed by atoms with Gasteiger partial charge in [-0.2, -0.15) is 0 Å². The third-order valence-corrected chi connectivity index (χ3v) is 4.51. The molecule has 0 N–H and O–H groups in total. The molecule has 1 heterocycles. The molecule has 25 heavy (non-hydrogen) atoms. The molecule has 0 radical (unpaired) electrons. The predicted molar refractivity (Wildman–Crippen MR) is 96.1 cm³/mol. The Kier molecular flexibility index (Phi) is 4.86. The zero-order valence-corrected chi connectivity index (χ0v) is 15.0. The van der Waals surface area contributed by atoms with Gasteiger partial charge in [-0.15, -0.1) is 5.10 Å².